The Morgan fingerprint density at radius 2 is 1.75 bits per heavy atom. The van der Waals surface area contributed by atoms with Crippen molar-refractivity contribution in [2.75, 3.05) is 6.61 Å². The number of carboxylic acids is 1. The third-order valence-electron chi connectivity index (χ3n) is 2.65. The molecule has 2 aromatic carbocycles. The van der Waals surface area contributed by atoms with E-state index in [4.69, 9.17) is 21.4 Å². The lowest BCUT2D eigenvalue weighted by Gasteiger charge is -2.10. The first kappa shape index (κ1) is 14.2. The van der Waals surface area contributed by atoms with Crippen molar-refractivity contribution in [1.82, 2.24) is 0 Å². The van der Waals surface area contributed by atoms with E-state index in [-0.39, 0.29) is 6.61 Å². The normalized spacial score (nSPS) is 11.2. The molecule has 0 spiro atoms. The summed E-state index contributed by atoms with van der Waals surface area (Å²) in [6, 6.07) is 16.2. The number of halogens is 1. The van der Waals surface area contributed by atoms with Crippen LogP contribution in [0.15, 0.2) is 60.7 Å². The van der Waals surface area contributed by atoms with Crippen LogP contribution in [0.4, 0.5) is 0 Å². The number of hydrogen-bond donors (Lipinski definition) is 1. The number of hydrogen-bond acceptors (Lipinski definition) is 2. The predicted molar refractivity (Wildman–Crippen MR) is 79.0 cm³/mol. The average Bonchev–Trinajstić information content (AvgIpc) is 2.46. The lowest BCUT2D eigenvalue weighted by atomic mass is 10.1. The van der Waals surface area contributed by atoms with Gasteiger partial charge in [0.25, 0.3) is 0 Å². The average molecular weight is 289 g/mol. The van der Waals surface area contributed by atoms with Crippen molar-refractivity contribution in [3.63, 3.8) is 0 Å². The molecule has 0 heterocycles. The second-order valence-electron chi connectivity index (χ2n) is 4.12. The Balaban J connectivity index is 2.13. The highest BCUT2D eigenvalue weighted by Crippen LogP contribution is 2.19. The van der Waals surface area contributed by atoms with Gasteiger partial charge in [-0.1, -0.05) is 41.9 Å². The largest absolute Gasteiger partial charge is 0.489 e. The van der Waals surface area contributed by atoms with E-state index >= 15 is 0 Å². The first-order chi connectivity index (χ1) is 9.65. The van der Waals surface area contributed by atoms with Crippen molar-refractivity contribution in [2.45, 2.75) is 0 Å². The third kappa shape index (κ3) is 4.14. The van der Waals surface area contributed by atoms with Crippen LogP contribution < -0.4 is 4.74 Å². The van der Waals surface area contributed by atoms with Crippen LogP contribution in [0, 0.1) is 0 Å². The fourth-order valence-corrected chi connectivity index (χ4v) is 1.83. The fraction of sp³-hybridized carbons (Fsp3) is 0.0625. The van der Waals surface area contributed by atoms with Crippen molar-refractivity contribution in [2.24, 2.45) is 0 Å². The zero-order valence-electron chi connectivity index (χ0n) is 10.6. The first-order valence-electron chi connectivity index (χ1n) is 6.02. The molecular weight excluding hydrogens is 276 g/mol. The highest BCUT2D eigenvalue weighted by molar-refractivity contribution is 6.30. The molecule has 0 unspecified atom stereocenters. The van der Waals surface area contributed by atoms with Crippen LogP contribution in [-0.2, 0) is 4.79 Å². The van der Waals surface area contributed by atoms with Crippen molar-refractivity contribution < 1.29 is 14.6 Å². The zero-order valence-corrected chi connectivity index (χ0v) is 11.4. The van der Waals surface area contributed by atoms with Gasteiger partial charge < -0.3 is 9.84 Å². The zero-order chi connectivity index (χ0) is 14.4. The van der Waals surface area contributed by atoms with Gasteiger partial charge in [0.1, 0.15) is 12.4 Å². The number of benzene rings is 2. The second-order valence-corrected chi connectivity index (χ2v) is 4.55. The van der Waals surface area contributed by atoms with Crippen molar-refractivity contribution in [3.05, 3.63) is 71.3 Å². The van der Waals surface area contributed by atoms with Crippen LogP contribution in [0.3, 0.4) is 0 Å². The molecule has 4 heteroatoms. The molecule has 0 atom stereocenters. The molecule has 0 aliphatic rings. The number of carboxylic acid groups (broad SMARTS) is 1. The van der Waals surface area contributed by atoms with Crippen molar-refractivity contribution in [3.8, 4) is 5.75 Å². The molecule has 0 aliphatic carbocycles. The number of rotatable bonds is 5. The summed E-state index contributed by atoms with van der Waals surface area (Å²) < 4.78 is 5.59. The van der Waals surface area contributed by atoms with Crippen LogP contribution in [0.25, 0.3) is 5.57 Å². The fourth-order valence-electron chi connectivity index (χ4n) is 1.70. The molecule has 0 fully saturated rings. The quantitative estimate of drug-likeness (QED) is 0.849. The Labute approximate surface area is 122 Å². The van der Waals surface area contributed by atoms with Crippen LogP contribution in [-0.4, -0.2) is 17.7 Å². The van der Waals surface area contributed by atoms with Crippen LogP contribution in [0.5, 0.6) is 5.75 Å². The Hall–Kier alpha value is -2.26. The molecule has 0 aromatic heterocycles. The summed E-state index contributed by atoms with van der Waals surface area (Å²) in [4.78, 5) is 10.9. The van der Waals surface area contributed by atoms with E-state index < -0.39 is 5.97 Å². The van der Waals surface area contributed by atoms with Gasteiger partial charge in [-0.25, -0.2) is 4.79 Å². The summed E-state index contributed by atoms with van der Waals surface area (Å²) in [5.74, 6) is -0.356. The second kappa shape index (κ2) is 6.78. The Bertz CT molecular complexity index is 603. The van der Waals surface area contributed by atoms with Crippen LogP contribution in [0.2, 0.25) is 5.02 Å². The topological polar surface area (TPSA) is 46.5 Å². The third-order valence-corrected chi connectivity index (χ3v) is 2.90. The molecule has 0 radical (unpaired) electrons. The molecule has 3 nitrogen and oxygen atoms in total. The summed E-state index contributed by atoms with van der Waals surface area (Å²) >= 11 is 5.79. The molecule has 1 N–H and O–H groups in total. The summed E-state index contributed by atoms with van der Waals surface area (Å²) in [5.41, 5.74) is 1.43. The first-order valence-corrected chi connectivity index (χ1v) is 6.40. The maximum absolute atomic E-state index is 10.9. The molecule has 0 bridgehead atoms. The predicted octanol–water partition coefficient (Wildman–Crippen LogP) is 3.89. The molecule has 0 amide bonds. The van der Waals surface area contributed by atoms with E-state index in [0.717, 1.165) is 11.6 Å². The molecule has 0 saturated heterocycles. The molecule has 20 heavy (non-hydrogen) atoms. The molecule has 2 rings (SSSR count). The number of ether oxygens (including phenoxy) is 1. The van der Waals surface area contributed by atoms with Gasteiger partial charge in [0.2, 0.25) is 0 Å². The Kier molecular flexibility index (Phi) is 4.80. The minimum Gasteiger partial charge on any atom is -0.489 e. The van der Waals surface area contributed by atoms with Crippen LogP contribution in [0.1, 0.15) is 5.56 Å². The summed E-state index contributed by atoms with van der Waals surface area (Å²) in [6.45, 7) is 0.179. The highest BCUT2D eigenvalue weighted by atomic mass is 35.5. The lowest BCUT2D eigenvalue weighted by molar-refractivity contribution is -0.131. The Morgan fingerprint density at radius 1 is 1.10 bits per heavy atom. The van der Waals surface area contributed by atoms with Crippen molar-refractivity contribution in [1.29, 1.82) is 0 Å². The summed E-state index contributed by atoms with van der Waals surface area (Å²) in [6.07, 6.45) is 1.16. The van der Waals surface area contributed by atoms with E-state index in [0.29, 0.717) is 16.3 Å². The van der Waals surface area contributed by atoms with Gasteiger partial charge >= 0.3 is 5.97 Å². The highest BCUT2D eigenvalue weighted by Gasteiger charge is 2.05. The van der Waals surface area contributed by atoms with E-state index in [9.17, 15) is 4.79 Å². The van der Waals surface area contributed by atoms with Gasteiger partial charge in [-0.05, 0) is 29.8 Å². The molecule has 2 aromatic rings. The Morgan fingerprint density at radius 3 is 2.35 bits per heavy atom. The maximum Gasteiger partial charge on any atom is 0.328 e. The number of carbonyl (C=O) groups is 1. The minimum absolute atomic E-state index is 0.179. The van der Waals surface area contributed by atoms with Gasteiger partial charge in [0, 0.05) is 16.7 Å². The van der Waals surface area contributed by atoms with Gasteiger partial charge in [-0.3, -0.25) is 0 Å². The van der Waals surface area contributed by atoms with E-state index in [2.05, 4.69) is 0 Å². The standard InChI is InChI=1S/C16H13ClO3/c17-14-6-8-15(9-7-14)20-11-13(10-16(18)19)12-4-2-1-3-5-12/h1-10H,11H2,(H,18,19)/b13-10+. The molecular formula is C16H13ClO3. The molecule has 0 aliphatic heterocycles. The van der Waals surface area contributed by atoms with Crippen LogP contribution >= 0.6 is 11.6 Å². The van der Waals surface area contributed by atoms with E-state index in [1.54, 1.807) is 24.3 Å². The summed E-state index contributed by atoms with van der Waals surface area (Å²) in [7, 11) is 0. The van der Waals surface area contributed by atoms with Crippen molar-refractivity contribution >= 4 is 23.1 Å². The van der Waals surface area contributed by atoms with Gasteiger partial charge in [0.05, 0.1) is 0 Å². The summed E-state index contributed by atoms with van der Waals surface area (Å²) in [5, 5.41) is 9.56. The monoisotopic (exact) mass is 288 g/mol. The maximum atomic E-state index is 10.9. The van der Waals surface area contributed by atoms with Gasteiger partial charge in [-0.2, -0.15) is 0 Å². The van der Waals surface area contributed by atoms with Gasteiger partial charge in [-0.15, -0.1) is 0 Å². The lowest BCUT2D eigenvalue weighted by Crippen LogP contribution is -2.03. The molecule has 0 saturated carbocycles. The smallest absolute Gasteiger partial charge is 0.328 e. The number of aliphatic carboxylic acids is 1. The minimum atomic E-state index is -0.997. The SMILES string of the molecule is O=C(O)/C=C(\COc1ccc(Cl)cc1)c1ccccc1. The van der Waals surface area contributed by atoms with E-state index in [1.807, 2.05) is 30.3 Å². The molecule has 102 valence electrons. The van der Waals surface area contributed by atoms with E-state index in [1.165, 1.54) is 0 Å². The van der Waals surface area contributed by atoms with Gasteiger partial charge in [0.15, 0.2) is 0 Å².